The van der Waals surface area contributed by atoms with Crippen molar-refractivity contribution in [3.63, 3.8) is 0 Å². The summed E-state index contributed by atoms with van der Waals surface area (Å²) in [6, 6.07) is 10.1. The second-order valence-corrected chi connectivity index (χ2v) is 12.7. The van der Waals surface area contributed by atoms with Gasteiger partial charge in [-0.1, -0.05) is 43.4 Å². The van der Waals surface area contributed by atoms with E-state index in [0.29, 0.717) is 30.8 Å². The van der Waals surface area contributed by atoms with E-state index >= 15 is 0 Å². The Morgan fingerprint density at radius 1 is 1.19 bits per heavy atom. The minimum Gasteiger partial charge on any atom is -0.492 e. The molecule has 0 amide bonds. The van der Waals surface area contributed by atoms with Gasteiger partial charge in [-0.25, -0.2) is 9.97 Å². The molecule has 172 valence electrons. The highest BCUT2D eigenvalue weighted by Gasteiger charge is 2.55. The predicted molar refractivity (Wildman–Crippen MR) is 124 cm³/mol. The summed E-state index contributed by atoms with van der Waals surface area (Å²) in [6.07, 6.45) is 3.41. The zero-order valence-electron chi connectivity index (χ0n) is 19.4. The molecule has 0 bridgehead atoms. The molecule has 32 heavy (non-hydrogen) atoms. The third-order valence-electron chi connectivity index (χ3n) is 5.72. The van der Waals surface area contributed by atoms with E-state index in [0.717, 1.165) is 5.56 Å². The van der Waals surface area contributed by atoms with Gasteiger partial charge in [-0.3, -0.25) is 4.57 Å². The van der Waals surface area contributed by atoms with Crippen LogP contribution in [0.1, 0.15) is 32.8 Å². The first kappa shape index (κ1) is 22.8. The first-order valence-electron chi connectivity index (χ1n) is 11.1. The van der Waals surface area contributed by atoms with E-state index in [4.69, 9.17) is 14.2 Å². The van der Waals surface area contributed by atoms with E-state index in [1.807, 2.05) is 22.8 Å². The largest absolute Gasteiger partial charge is 0.492 e. The van der Waals surface area contributed by atoms with Crippen LogP contribution in [0.5, 0.6) is 5.88 Å². The SMILES string of the molecule is C[SiH](C)[C@@]1(n2cnc3c(O)ncnc32)O[C@H](COCc2ccccc2)C[C@H]1OC(C)(C)C. The van der Waals surface area contributed by atoms with Crippen molar-refractivity contribution in [3.05, 3.63) is 48.5 Å². The number of hydrogen-bond acceptors (Lipinski definition) is 7. The van der Waals surface area contributed by atoms with Gasteiger partial charge in [-0.2, -0.15) is 4.98 Å². The lowest BCUT2D eigenvalue weighted by Crippen LogP contribution is -2.54. The summed E-state index contributed by atoms with van der Waals surface area (Å²) in [7, 11) is -1.58. The third kappa shape index (κ3) is 4.43. The van der Waals surface area contributed by atoms with Crippen molar-refractivity contribution in [2.45, 2.75) is 70.1 Å². The highest BCUT2D eigenvalue weighted by atomic mass is 28.3. The molecule has 3 heterocycles. The Morgan fingerprint density at radius 3 is 2.62 bits per heavy atom. The summed E-state index contributed by atoms with van der Waals surface area (Å²) >= 11 is 0. The number of hydrogen-bond donors (Lipinski definition) is 1. The second kappa shape index (κ2) is 8.90. The number of fused-ring (bicyclic) bond motifs is 1. The summed E-state index contributed by atoms with van der Waals surface area (Å²) in [4.78, 5) is 12.7. The molecule has 3 aromatic rings. The summed E-state index contributed by atoms with van der Waals surface area (Å²) in [6.45, 7) is 11.6. The lowest BCUT2D eigenvalue weighted by molar-refractivity contribution is -0.146. The van der Waals surface area contributed by atoms with Gasteiger partial charge in [0.2, 0.25) is 5.88 Å². The first-order valence-corrected chi connectivity index (χ1v) is 13.9. The molecular formula is C23H32N4O4Si. The molecule has 1 aliphatic heterocycles. The van der Waals surface area contributed by atoms with Gasteiger partial charge in [0.15, 0.2) is 16.5 Å². The van der Waals surface area contributed by atoms with Gasteiger partial charge >= 0.3 is 0 Å². The fraction of sp³-hybridized carbons (Fsp3) is 0.522. The van der Waals surface area contributed by atoms with Gasteiger partial charge in [0.25, 0.3) is 0 Å². The number of nitrogens with zero attached hydrogens (tertiary/aromatic N) is 4. The van der Waals surface area contributed by atoms with Crippen LogP contribution in [0, 0.1) is 0 Å². The fourth-order valence-electron chi connectivity index (χ4n) is 4.42. The molecule has 1 saturated heterocycles. The van der Waals surface area contributed by atoms with Gasteiger partial charge in [-0.05, 0) is 26.3 Å². The molecule has 0 unspecified atom stereocenters. The lowest BCUT2D eigenvalue weighted by Gasteiger charge is -2.41. The Kier molecular flexibility index (Phi) is 6.35. The molecule has 8 nitrogen and oxygen atoms in total. The Balaban J connectivity index is 1.65. The van der Waals surface area contributed by atoms with E-state index in [9.17, 15) is 5.11 Å². The van der Waals surface area contributed by atoms with Crippen molar-refractivity contribution in [1.82, 2.24) is 19.5 Å². The third-order valence-corrected chi connectivity index (χ3v) is 8.16. The van der Waals surface area contributed by atoms with Crippen LogP contribution in [0.4, 0.5) is 0 Å². The quantitative estimate of drug-likeness (QED) is 0.545. The van der Waals surface area contributed by atoms with Crippen molar-refractivity contribution >= 4 is 20.0 Å². The highest BCUT2D eigenvalue weighted by molar-refractivity contribution is 6.58. The molecule has 0 saturated carbocycles. The van der Waals surface area contributed by atoms with E-state index in [1.54, 1.807) is 6.33 Å². The summed E-state index contributed by atoms with van der Waals surface area (Å²) < 4.78 is 21.3. The minimum atomic E-state index is -1.58. The molecule has 0 radical (unpaired) electrons. The average molecular weight is 457 g/mol. The maximum Gasteiger partial charge on any atom is 0.242 e. The van der Waals surface area contributed by atoms with Gasteiger partial charge in [0, 0.05) is 6.42 Å². The first-order chi connectivity index (χ1) is 15.2. The van der Waals surface area contributed by atoms with E-state index in [2.05, 4.69) is 60.9 Å². The predicted octanol–water partition coefficient (Wildman–Crippen LogP) is 3.40. The summed E-state index contributed by atoms with van der Waals surface area (Å²) in [5.41, 5.74) is 1.69. The molecule has 9 heteroatoms. The Morgan fingerprint density at radius 2 is 1.94 bits per heavy atom. The zero-order valence-corrected chi connectivity index (χ0v) is 20.5. The van der Waals surface area contributed by atoms with Gasteiger partial charge in [0.05, 0.1) is 40.0 Å². The normalized spacial score (nSPS) is 23.9. The molecule has 2 aromatic heterocycles. The minimum absolute atomic E-state index is 0.131. The van der Waals surface area contributed by atoms with Gasteiger partial charge in [-0.15, -0.1) is 0 Å². The number of ether oxygens (including phenoxy) is 3. The number of aromatic nitrogens is 4. The molecule has 1 aliphatic rings. The van der Waals surface area contributed by atoms with Crippen LogP contribution in [-0.2, 0) is 26.2 Å². The molecule has 1 N–H and O–H groups in total. The van der Waals surface area contributed by atoms with Crippen LogP contribution in [0.3, 0.4) is 0 Å². The topological polar surface area (TPSA) is 91.5 Å². The maximum atomic E-state index is 10.2. The number of benzene rings is 1. The Bertz CT molecular complexity index is 1050. The molecule has 1 fully saturated rings. The fourth-order valence-corrected chi connectivity index (χ4v) is 6.58. The van der Waals surface area contributed by atoms with Crippen LogP contribution in [-0.4, -0.2) is 57.8 Å². The van der Waals surface area contributed by atoms with Crippen LogP contribution in [0.25, 0.3) is 11.2 Å². The molecule has 4 rings (SSSR count). The second-order valence-electron chi connectivity index (χ2n) is 9.59. The standard InChI is InChI=1S/C23H32N4O4Si/c1-22(2,3)31-18-11-17(13-29-12-16-9-7-6-8-10-16)30-23(18,32(4)5)27-15-26-19-20(27)24-14-25-21(19)28/h6-10,14-15,17-18,32H,11-13H2,1-5H3,(H,24,25,28)/t17-,18+,23-/m0/s1. The van der Waals surface area contributed by atoms with Crippen molar-refractivity contribution < 1.29 is 19.3 Å². The van der Waals surface area contributed by atoms with E-state index in [1.165, 1.54) is 6.33 Å². The average Bonchev–Trinajstić information content (AvgIpc) is 3.31. The van der Waals surface area contributed by atoms with Crippen molar-refractivity contribution in [1.29, 1.82) is 0 Å². The van der Waals surface area contributed by atoms with E-state index < -0.39 is 14.1 Å². The van der Waals surface area contributed by atoms with Gasteiger partial charge < -0.3 is 19.3 Å². The highest BCUT2D eigenvalue weighted by Crippen LogP contribution is 2.43. The number of rotatable bonds is 7. The number of aromatic hydroxyl groups is 1. The van der Waals surface area contributed by atoms with Gasteiger partial charge in [0.1, 0.15) is 12.4 Å². The molecule has 0 aliphatic carbocycles. The van der Waals surface area contributed by atoms with Crippen LogP contribution < -0.4 is 0 Å². The molecule has 3 atom stereocenters. The molecular weight excluding hydrogens is 424 g/mol. The van der Waals surface area contributed by atoms with Crippen molar-refractivity contribution in [2.24, 2.45) is 0 Å². The molecule has 0 spiro atoms. The Labute approximate surface area is 190 Å². The summed E-state index contributed by atoms with van der Waals surface area (Å²) in [5.74, 6) is -0.136. The van der Waals surface area contributed by atoms with Crippen molar-refractivity contribution in [3.8, 4) is 5.88 Å². The smallest absolute Gasteiger partial charge is 0.242 e. The van der Waals surface area contributed by atoms with E-state index in [-0.39, 0.29) is 23.7 Å². The molecule has 1 aromatic carbocycles. The lowest BCUT2D eigenvalue weighted by atomic mass is 10.1. The van der Waals surface area contributed by atoms with Crippen molar-refractivity contribution in [2.75, 3.05) is 6.61 Å². The Hall–Kier alpha value is -2.33. The monoisotopic (exact) mass is 456 g/mol. The zero-order chi connectivity index (χ0) is 22.9. The van der Waals surface area contributed by atoms with Crippen LogP contribution >= 0.6 is 0 Å². The maximum absolute atomic E-state index is 10.2. The van der Waals surface area contributed by atoms with Crippen LogP contribution in [0.2, 0.25) is 13.1 Å². The summed E-state index contributed by atoms with van der Waals surface area (Å²) in [5, 5.41) is 9.45. The van der Waals surface area contributed by atoms with Crippen LogP contribution in [0.15, 0.2) is 43.0 Å². The number of imidazole rings is 1.